The van der Waals surface area contributed by atoms with Crippen LogP contribution in [0.1, 0.15) is 51.1 Å². The van der Waals surface area contributed by atoms with Crippen LogP contribution in [0.15, 0.2) is 73.1 Å². The molecule has 0 radical (unpaired) electrons. The third-order valence-electron chi connectivity index (χ3n) is 12.1. The fourth-order valence-corrected chi connectivity index (χ4v) is 9.94. The van der Waals surface area contributed by atoms with E-state index in [1.807, 2.05) is 29.0 Å². The Hall–Kier alpha value is -6.35. The maximum Gasteiger partial charge on any atom is 0.301 e. The predicted octanol–water partition coefficient (Wildman–Crippen LogP) is 3.76. The number of aromatic amines is 1. The number of benzene rings is 3. The lowest BCUT2D eigenvalue weighted by Gasteiger charge is -2.37. The maximum atomic E-state index is 15.7. The monoisotopic (exact) mass is 900 g/mol. The van der Waals surface area contributed by atoms with Gasteiger partial charge in [0.25, 0.3) is 5.91 Å². The molecule has 20 heteroatoms. The lowest BCUT2D eigenvalue weighted by atomic mass is 9.99. The molecule has 9 rings (SSSR count). The number of pyridine rings is 1. The van der Waals surface area contributed by atoms with Crippen molar-refractivity contribution >= 4 is 56.1 Å². The van der Waals surface area contributed by atoms with Crippen LogP contribution in [0, 0.1) is 11.6 Å². The highest BCUT2D eigenvalue weighted by atomic mass is 32.2. The standard InChI is InChI=1S/C44H43F3N8O8S/c45-28-11-12-54(22-28)64(61,62)51-36-8-7-35(46)39(40(36)47)41(58)34-20-49-42-33(34)18-26(19-48-42)25-1-3-29(4-2-25)53-15-13-52(14-16-53)23-30(56)24-63-31-5-6-32-27(17-31)21-55(44(32)60)37-9-10-38(57)50-43(37)59/h1-8,17-20,28,30,37,51,56H,9-16,21-24H2,(H,48,49)(H,50,57,59)/t28-,30-,37?/m1/s1. The number of hydrogen-bond acceptors (Lipinski definition) is 11. The van der Waals surface area contributed by atoms with Crippen LogP contribution in [0.4, 0.5) is 24.5 Å². The number of β-amino-alcohol motifs (C(OH)–C–C–N with tert-alkyl or cyclic N) is 1. The number of nitrogens with zero attached hydrogens (tertiary/aromatic N) is 5. The molecule has 0 bridgehead atoms. The second kappa shape index (κ2) is 17.3. The van der Waals surface area contributed by atoms with Gasteiger partial charge in [0.05, 0.1) is 11.3 Å². The number of aliphatic hydroxyl groups excluding tert-OH is 1. The zero-order valence-electron chi connectivity index (χ0n) is 34.2. The molecule has 334 valence electrons. The molecule has 3 atom stereocenters. The van der Waals surface area contributed by atoms with Crippen LogP contribution >= 0.6 is 0 Å². The molecular formula is C44H43F3N8O8S. The van der Waals surface area contributed by atoms with Crippen molar-refractivity contribution in [2.24, 2.45) is 0 Å². The number of ketones is 1. The van der Waals surface area contributed by atoms with Crippen molar-refractivity contribution in [3.8, 4) is 16.9 Å². The SMILES string of the molecule is O=C1CCC(N2Cc3cc(OC[C@H](O)CN4CCN(c5ccc(-c6cnc7[nH]cc(C(=O)c8c(F)ccc(NS(=O)(=O)N9CC[C@@H](F)C9)c8F)c7c6)cc5)CC4)ccc3C2=O)C(=O)N1. The van der Waals surface area contributed by atoms with Crippen LogP contribution < -0.4 is 19.7 Å². The van der Waals surface area contributed by atoms with Gasteiger partial charge in [-0.05, 0) is 72.5 Å². The molecule has 3 saturated heterocycles. The van der Waals surface area contributed by atoms with Crippen LogP contribution in [-0.4, -0.2) is 132 Å². The molecular weight excluding hydrogens is 858 g/mol. The van der Waals surface area contributed by atoms with E-state index in [-0.39, 0.29) is 56.3 Å². The Labute approximate surface area is 365 Å². The van der Waals surface area contributed by atoms with Crippen LogP contribution in [0.5, 0.6) is 5.75 Å². The maximum absolute atomic E-state index is 15.7. The van der Waals surface area contributed by atoms with E-state index in [4.69, 9.17) is 4.74 Å². The number of fused-ring (bicyclic) bond motifs is 2. The van der Waals surface area contributed by atoms with Gasteiger partial charge in [-0.25, -0.2) is 18.2 Å². The van der Waals surface area contributed by atoms with Gasteiger partial charge in [-0.3, -0.25) is 34.1 Å². The molecule has 3 fully saturated rings. The number of nitrogens with one attached hydrogen (secondary N) is 3. The molecule has 0 spiro atoms. The first-order valence-electron chi connectivity index (χ1n) is 20.8. The number of anilines is 2. The van der Waals surface area contributed by atoms with Crippen molar-refractivity contribution in [3.63, 3.8) is 0 Å². The molecule has 4 aliphatic heterocycles. The summed E-state index contributed by atoms with van der Waals surface area (Å²) in [5.74, 6) is -4.21. The highest BCUT2D eigenvalue weighted by Crippen LogP contribution is 2.33. The number of alkyl halides is 1. The van der Waals surface area contributed by atoms with Crippen LogP contribution in [-0.2, 0) is 26.3 Å². The Morgan fingerprint density at radius 1 is 0.969 bits per heavy atom. The molecule has 0 aliphatic carbocycles. The average Bonchev–Trinajstić information content (AvgIpc) is 4.01. The lowest BCUT2D eigenvalue weighted by molar-refractivity contribution is -0.136. The Morgan fingerprint density at radius 3 is 2.48 bits per heavy atom. The second-order valence-corrected chi connectivity index (χ2v) is 18.0. The van der Waals surface area contributed by atoms with E-state index in [2.05, 4.69) is 25.1 Å². The number of H-pyrrole nitrogens is 1. The van der Waals surface area contributed by atoms with Crippen molar-refractivity contribution < 1.29 is 50.6 Å². The van der Waals surface area contributed by atoms with E-state index in [1.165, 1.54) is 11.1 Å². The summed E-state index contributed by atoms with van der Waals surface area (Å²) in [6.07, 6.45) is 1.20. The molecule has 3 aromatic carbocycles. The number of ether oxygens (including phenoxy) is 1. The Balaban J connectivity index is 0.789. The number of aromatic nitrogens is 2. The summed E-state index contributed by atoms with van der Waals surface area (Å²) in [5.41, 5.74) is 2.19. The van der Waals surface area contributed by atoms with Crippen molar-refractivity contribution in [3.05, 3.63) is 107 Å². The van der Waals surface area contributed by atoms with Crippen molar-refractivity contribution in [2.45, 2.75) is 44.1 Å². The minimum atomic E-state index is -4.37. The quantitative estimate of drug-likeness (QED) is 0.0993. The van der Waals surface area contributed by atoms with Crippen molar-refractivity contribution in [1.29, 1.82) is 0 Å². The normalized spacial score (nSPS) is 20.2. The first kappa shape index (κ1) is 42.9. The predicted molar refractivity (Wildman–Crippen MR) is 228 cm³/mol. The molecule has 4 aliphatic rings. The molecule has 5 aromatic rings. The van der Waals surface area contributed by atoms with Gasteiger partial charge < -0.3 is 24.6 Å². The fraction of sp³-hybridized carbons (Fsp3) is 0.341. The number of piperazine rings is 1. The third kappa shape index (κ3) is 8.52. The number of carbonyl (C=O) groups is 4. The molecule has 64 heavy (non-hydrogen) atoms. The van der Waals surface area contributed by atoms with Crippen molar-refractivity contribution in [2.75, 3.05) is 62.0 Å². The summed E-state index contributed by atoms with van der Waals surface area (Å²) < 4.78 is 78.8. The van der Waals surface area contributed by atoms with Gasteiger partial charge in [0.1, 0.15) is 42.1 Å². The van der Waals surface area contributed by atoms with Crippen LogP contribution in [0.2, 0.25) is 0 Å². The number of piperidine rings is 1. The van der Waals surface area contributed by atoms with E-state index >= 15 is 8.78 Å². The largest absolute Gasteiger partial charge is 0.491 e. The van der Waals surface area contributed by atoms with Crippen LogP contribution in [0.25, 0.3) is 22.2 Å². The Morgan fingerprint density at radius 2 is 1.75 bits per heavy atom. The zero-order valence-corrected chi connectivity index (χ0v) is 35.0. The van der Waals surface area contributed by atoms with Gasteiger partial charge in [-0.15, -0.1) is 0 Å². The number of hydrogen-bond donors (Lipinski definition) is 4. The molecule has 1 unspecified atom stereocenters. The second-order valence-electron chi connectivity index (χ2n) is 16.3. The van der Waals surface area contributed by atoms with E-state index < -0.39 is 69.6 Å². The lowest BCUT2D eigenvalue weighted by Crippen LogP contribution is -2.52. The van der Waals surface area contributed by atoms with E-state index in [0.29, 0.717) is 66.2 Å². The summed E-state index contributed by atoms with van der Waals surface area (Å²) in [6.45, 7) is 2.93. The topological polar surface area (TPSA) is 198 Å². The smallest absolute Gasteiger partial charge is 0.301 e. The van der Waals surface area contributed by atoms with E-state index in [1.54, 1.807) is 30.5 Å². The summed E-state index contributed by atoms with van der Waals surface area (Å²) in [7, 11) is -4.37. The third-order valence-corrected chi connectivity index (χ3v) is 13.6. The molecule has 2 aromatic heterocycles. The number of rotatable bonds is 13. The van der Waals surface area contributed by atoms with Gasteiger partial charge in [0.15, 0.2) is 5.82 Å². The van der Waals surface area contributed by atoms with Gasteiger partial charge in [-0.1, -0.05) is 12.1 Å². The summed E-state index contributed by atoms with van der Waals surface area (Å²) >= 11 is 0. The van der Waals surface area contributed by atoms with Gasteiger partial charge >= 0.3 is 10.2 Å². The Bertz CT molecular complexity index is 2780. The fourth-order valence-electron chi connectivity index (χ4n) is 8.67. The van der Waals surface area contributed by atoms with E-state index in [0.717, 1.165) is 27.7 Å². The number of imide groups is 1. The highest BCUT2D eigenvalue weighted by Gasteiger charge is 2.39. The number of aliphatic hydroxyl groups is 1. The number of carbonyl (C=O) groups excluding carboxylic acids is 4. The molecule has 0 saturated carbocycles. The average molecular weight is 901 g/mol. The van der Waals surface area contributed by atoms with E-state index in [9.17, 15) is 37.1 Å². The summed E-state index contributed by atoms with van der Waals surface area (Å²) in [4.78, 5) is 63.8. The zero-order chi connectivity index (χ0) is 44.9. The highest BCUT2D eigenvalue weighted by molar-refractivity contribution is 7.90. The van der Waals surface area contributed by atoms with Gasteiger partial charge in [0.2, 0.25) is 17.6 Å². The van der Waals surface area contributed by atoms with Crippen LogP contribution in [0.3, 0.4) is 0 Å². The summed E-state index contributed by atoms with van der Waals surface area (Å²) in [5, 5.41) is 13.4. The van der Waals surface area contributed by atoms with Gasteiger partial charge in [-0.2, -0.15) is 12.7 Å². The molecule has 4 N–H and O–H groups in total. The molecule has 16 nitrogen and oxygen atoms in total. The summed E-state index contributed by atoms with van der Waals surface area (Å²) in [6, 6.07) is 15.4. The first-order chi connectivity index (χ1) is 30.7. The molecule has 3 amide bonds. The minimum absolute atomic E-state index is 0.00802. The van der Waals surface area contributed by atoms with Crippen molar-refractivity contribution in [1.82, 2.24) is 29.4 Å². The minimum Gasteiger partial charge on any atom is -0.491 e. The number of amides is 3. The number of halogens is 3. The Kier molecular flexibility index (Phi) is 11.6. The van der Waals surface area contributed by atoms with Gasteiger partial charge in [0, 0.05) is 98.9 Å². The molecule has 6 heterocycles. The first-order valence-corrected chi connectivity index (χ1v) is 22.2.